The average molecular weight is 157 g/mol. The summed E-state index contributed by atoms with van der Waals surface area (Å²) in [6, 6.07) is 0.156. The van der Waals surface area contributed by atoms with Crippen LogP contribution in [0, 0.1) is 0 Å². The molecule has 0 bridgehead atoms. The number of carbonyl (C=O) groups is 1. The molecule has 1 N–H and O–H groups in total. The minimum Gasteiger partial charge on any atom is -0.367 e. The standard InChI is InChI=1S/C8H15NO2/c1-5-7(4)8(10)11-9-6(2)3/h5-6,9H,1-4H3. The van der Waals surface area contributed by atoms with Gasteiger partial charge < -0.3 is 4.84 Å². The third-order valence-electron chi connectivity index (χ3n) is 1.14. The van der Waals surface area contributed by atoms with Gasteiger partial charge >= 0.3 is 5.97 Å². The summed E-state index contributed by atoms with van der Waals surface area (Å²) in [6.45, 7) is 7.31. The van der Waals surface area contributed by atoms with E-state index in [0.29, 0.717) is 5.57 Å². The second-order valence-corrected chi connectivity index (χ2v) is 2.63. The largest absolute Gasteiger partial charge is 0.367 e. The van der Waals surface area contributed by atoms with E-state index in [9.17, 15) is 4.79 Å². The number of hydrogen-bond acceptors (Lipinski definition) is 3. The molecule has 0 rings (SSSR count). The molecule has 3 heteroatoms. The lowest BCUT2D eigenvalue weighted by atomic mass is 10.3. The summed E-state index contributed by atoms with van der Waals surface area (Å²) in [4.78, 5) is 15.6. The first-order chi connectivity index (χ1) is 5.07. The quantitative estimate of drug-likeness (QED) is 0.497. The molecule has 0 heterocycles. The molecule has 0 aromatic heterocycles. The lowest BCUT2D eigenvalue weighted by molar-refractivity contribution is -0.147. The Bertz CT molecular complexity index is 161. The van der Waals surface area contributed by atoms with Crippen molar-refractivity contribution in [2.45, 2.75) is 33.7 Å². The highest BCUT2D eigenvalue weighted by molar-refractivity contribution is 5.87. The van der Waals surface area contributed by atoms with E-state index in [0.717, 1.165) is 0 Å². The lowest BCUT2D eigenvalue weighted by Crippen LogP contribution is -2.26. The predicted octanol–water partition coefficient (Wildman–Crippen LogP) is 1.41. The van der Waals surface area contributed by atoms with Gasteiger partial charge in [0.2, 0.25) is 0 Å². The highest BCUT2D eigenvalue weighted by atomic mass is 16.7. The number of rotatable bonds is 3. The van der Waals surface area contributed by atoms with Gasteiger partial charge in [-0.05, 0) is 27.7 Å². The van der Waals surface area contributed by atoms with Crippen LogP contribution in [0.2, 0.25) is 0 Å². The second-order valence-electron chi connectivity index (χ2n) is 2.63. The highest BCUT2D eigenvalue weighted by Gasteiger charge is 2.04. The third-order valence-corrected chi connectivity index (χ3v) is 1.14. The lowest BCUT2D eigenvalue weighted by Gasteiger charge is -2.07. The maximum atomic E-state index is 10.9. The average Bonchev–Trinajstić information content (AvgIpc) is 1.98. The first kappa shape index (κ1) is 10.2. The van der Waals surface area contributed by atoms with Crippen molar-refractivity contribution in [1.82, 2.24) is 5.48 Å². The SMILES string of the molecule is CC=C(C)C(=O)ONC(C)C. The Morgan fingerprint density at radius 2 is 2.09 bits per heavy atom. The molecule has 0 aliphatic rings. The number of hydrogen-bond donors (Lipinski definition) is 1. The Hall–Kier alpha value is -0.830. The van der Waals surface area contributed by atoms with Gasteiger partial charge in [-0.3, -0.25) is 0 Å². The monoisotopic (exact) mass is 157 g/mol. The van der Waals surface area contributed by atoms with Crippen LogP contribution in [0.5, 0.6) is 0 Å². The summed E-state index contributed by atoms with van der Waals surface area (Å²) in [7, 11) is 0. The van der Waals surface area contributed by atoms with Crippen LogP contribution in [0.15, 0.2) is 11.6 Å². The van der Waals surface area contributed by atoms with Crippen LogP contribution >= 0.6 is 0 Å². The second kappa shape index (κ2) is 4.91. The zero-order valence-electron chi connectivity index (χ0n) is 7.47. The molecule has 0 unspecified atom stereocenters. The zero-order chi connectivity index (χ0) is 8.85. The van der Waals surface area contributed by atoms with E-state index >= 15 is 0 Å². The van der Waals surface area contributed by atoms with E-state index in [1.165, 1.54) is 0 Å². The summed E-state index contributed by atoms with van der Waals surface area (Å²) in [5.74, 6) is -0.318. The molecule has 3 nitrogen and oxygen atoms in total. The van der Waals surface area contributed by atoms with Crippen molar-refractivity contribution >= 4 is 5.97 Å². The molecule has 0 spiro atoms. The summed E-state index contributed by atoms with van der Waals surface area (Å²) in [5.41, 5.74) is 3.18. The Kier molecular flexibility index (Phi) is 4.54. The van der Waals surface area contributed by atoms with Crippen molar-refractivity contribution in [2.75, 3.05) is 0 Å². The summed E-state index contributed by atoms with van der Waals surface area (Å²) < 4.78 is 0. The van der Waals surface area contributed by atoms with Crippen LogP contribution in [0.3, 0.4) is 0 Å². The summed E-state index contributed by atoms with van der Waals surface area (Å²) >= 11 is 0. The topological polar surface area (TPSA) is 38.3 Å². The Labute approximate surface area is 67.4 Å². The van der Waals surface area contributed by atoms with Crippen molar-refractivity contribution < 1.29 is 9.63 Å². The normalized spacial score (nSPS) is 11.9. The molecule has 0 aliphatic carbocycles. The van der Waals surface area contributed by atoms with E-state index in [1.807, 2.05) is 13.8 Å². The van der Waals surface area contributed by atoms with Gasteiger partial charge in [-0.2, -0.15) is 5.48 Å². The molecule has 0 fully saturated rings. The molecule has 0 amide bonds. The van der Waals surface area contributed by atoms with Crippen LogP contribution in [0.25, 0.3) is 0 Å². The van der Waals surface area contributed by atoms with E-state index in [1.54, 1.807) is 19.9 Å². The summed E-state index contributed by atoms with van der Waals surface area (Å²) in [6.07, 6.45) is 1.71. The van der Waals surface area contributed by atoms with E-state index in [2.05, 4.69) is 5.48 Å². The van der Waals surface area contributed by atoms with Crippen molar-refractivity contribution in [3.8, 4) is 0 Å². The molecule has 0 saturated carbocycles. The van der Waals surface area contributed by atoms with E-state index in [-0.39, 0.29) is 12.0 Å². The van der Waals surface area contributed by atoms with E-state index in [4.69, 9.17) is 4.84 Å². The molecule has 0 aliphatic heterocycles. The van der Waals surface area contributed by atoms with Gasteiger partial charge in [0.25, 0.3) is 0 Å². The fourth-order valence-corrected chi connectivity index (χ4v) is 0.370. The molecular weight excluding hydrogens is 142 g/mol. The van der Waals surface area contributed by atoms with Gasteiger partial charge in [-0.25, -0.2) is 4.79 Å². The molecular formula is C8H15NO2. The number of allylic oxidation sites excluding steroid dienone is 1. The van der Waals surface area contributed by atoms with Gasteiger partial charge in [0.05, 0.1) is 0 Å². The summed E-state index contributed by atoms with van der Waals surface area (Å²) in [5, 5.41) is 0. The molecule has 0 aromatic rings. The molecule has 0 aromatic carbocycles. The van der Waals surface area contributed by atoms with Crippen molar-refractivity contribution in [2.24, 2.45) is 0 Å². The van der Waals surface area contributed by atoms with Gasteiger partial charge in [0.1, 0.15) is 0 Å². The molecule has 64 valence electrons. The highest BCUT2D eigenvalue weighted by Crippen LogP contribution is 1.93. The van der Waals surface area contributed by atoms with Crippen LogP contribution in [-0.4, -0.2) is 12.0 Å². The predicted molar refractivity (Wildman–Crippen MR) is 43.8 cm³/mol. The fraction of sp³-hybridized carbons (Fsp3) is 0.625. The Balaban J connectivity index is 3.71. The van der Waals surface area contributed by atoms with Gasteiger partial charge in [-0.15, -0.1) is 0 Å². The molecule has 11 heavy (non-hydrogen) atoms. The van der Waals surface area contributed by atoms with Gasteiger partial charge in [0.15, 0.2) is 0 Å². The number of nitrogens with one attached hydrogen (secondary N) is 1. The molecule has 0 atom stereocenters. The van der Waals surface area contributed by atoms with Crippen LogP contribution in [0.4, 0.5) is 0 Å². The van der Waals surface area contributed by atoms with E-state index < -0.39 is 0 Å². The van der Waals surface area contributed by atoms with Crippen LogP contribution < -0.4 is 5.48 Å². The zero-order valence-corrected chi connectivity index (χ0v) is 7.47. The third kappa shape index (κ3) is 4.56. The van der Waals surface area contributed by atoms with Crippen molar-refractivity contribution in [3.05, 3.63) is 11.6 Å². The van der Waals surface area contributed by atoms with Crippen LogP contribution in [0.1, 0.15) is 27.7 Å². The minimum atomic E-state index is -0.318. The molecule has 0 saturated heterocycles. The first-order valence-electron chi connectivity index (χ1n) is 3.67. The Morgan fingerprint density at radius 1 is 1.55 bits per heavy atom. The maximum absolute atomic E-state index is 10.9. The molecule has 0 radical (unpaired) electrons. The minimum absolute atomic E-state index is 0.156. The smallest absolute Gasteiger partial charge is 0.352 e. The number of carbonyl (C=O) groups excluding carboxylic acids is 1. The Morgan fingerprint density at radius 3 is 2.45 bits per heavy atom. The number of hydroxylamine groups is 1. The van der Waals surface area contributed by atoms with Crippen LogP contribution in [-0.2, 0) is 9.63 Å². The van der Waals surface area contributed by atoms with Crippen molar-refractivity contribution in [3.63, 3.8) is 0 Å². The van der Waals surface area contributed by atoms with Gasteiger partial charge in [-0.1, -0.05) is 6.08 Å². The van der Waals surface area contributed by atoms with Crippen molar-refractivity contribution in [1.29, 1.82) is 0 Å². The maximum Gasteiger partial charge on any atom is 0.352 e. The van der Waals surface area contributed by atoms with Gasteiger partial charge in [0, 0.05) is 11.6 Å². The fourth-order valence-electron chi connectivity index (χ4n) is 0.370. The first-order valence-corrected chi connectivity index (χ1v) is 3.67.